The van der Waals surface area contributed by atoms with E-state index in [1.165, 1.54) is 13.1 Å². The highest BCUT2D eigenvalue weighted by atomic mass is 30.1. The molecule has 0 unspecified atom stereocenters. The van der Waals surface area contributed by atoms with Crippen molar-refractivity contribution in [3.8, 4) is 0 Å². The lowest BCUT2D eigenvalue weighted by molar-refractivity contribution is -0.123. The van der Waals surface area contributed by atoms with Gasteiger partial charge in [-0.2, -0.15) is 0 Å². The van der Waals surface area contributed by atoms with E-state index in [0.717, 1.165) is 45.1 Å². The monoisotopic (exact) mass is 1380 g/mol. The molecule has 0 aliphatic rings. The number of aldehydes is 1. The van der Waals surface area contributed by atoms with Crippen molar-refractivity contribution < 1.29 is 117 Å². The molecule has 28 nitrogen and oxygen atoms in total. The van der Waals surface area contributed by atoms with Gasteiger partial charge in [0, 0.05) is 26.4 Å². The van der Waals surface area contributed by atoms with Crippen molar-refractivity contribution in [2.75, 3.05) is 52.9 Å². The third-order valence-electron chi connectivity index (χ3n) is 9.23. The van der Waals surface area contributed by atoms with Crippen LogP contribution in [0, 0.1) is 0 Å². The SMILES string of the molecule is C[Si](C)(CCCOCCOCCCCOCNCCCCCCNC(=O)CC=O)O[Si](C)(C)[Si](=O)[Si](=O)[Si](=O)[Si](=O)[Si](=O)[Si](=O)[Si](=O)[Si](=O)[Si](=O)[Si](=O)[Si](=O)[Si](=O)[Si](=O)[Si](=O)[Si](=O)[Si](=O)[Si](=O)[Si](=O)[Si](=O)[Si]=O. The van der Waals surface area contributed by atoms with Crippen LogP contribution in [0.4, 0.5) is 0 Å². The Bertz CT molecular complexity index is 2390. The van der Waals surface area contributed by atoms with Crippen molar-refractivity contribution in [3.63, 3.8) is 0 Å². The highest BCUT2D eigenvalue weighted by Crippen LogP contribution is 2.20. The van der Waals surface area contributed by atoms with Gasteiger partial charge in [-0.1, -0.05) is 12.8 Å². The first-order chi connectivity index (χ1) is 34.0. The summed E-state index contributed by atoms with van der Waals surface area (Å²) in [6.45, 7) is 10.3. The smallest absolute Gasteiger partial charge is 0.381 e. The van der Waals surface area contributed by atoms with Crippen molar-refractivity contribution >= 4 is 184 Å². The first-order valence-corrected chi connectivity index (χ1v) is 75.3. The Hall–Kier alpha value is -0.289. The number of carbonyl (C=O) groups excluding carboxylic acids is 2. The van der Waals surface area contributed by atoms with E-state index in [4.69, 9.17) is 18.3 Å². The quantitative estimate of drug-likeness (QED) is 0.0188. The highest BCUT2D eigenvalue weighted by Gasteiger charge is 2.57. The Labute approximate surface area is 444 Å². The normalized spacial score (nSPS) is 11.0. The van der Waals surface area contributed by atoms with Crippen molar-refractivity contribution in [1.29, 1.82) is 0 Å². The first-order valence-electron chi connectivity index (χ1n) is 21.6. The molecule has 0 aromatic rings. The number of unbranched alkanes of at least 4 members (excludes halogenated alkanes) is 4. The van der Waals surface area contributed by atoms with Crippen molar-refractivity contribution in [2.24, 2.45) is 0 Å². The van der Waals surface area contributed by atoms with Gasteiger partial charge in [0.2, 0.25) is 13.7 Å². The minimum absolute atomic E-state index is 0.114. The fourth-order valence-corrected chi connectivity index (χ4v) is 243. The molecule has 1 amide bonds. The number of nitrogens with one attached hydrogen (secondary N) is 2. The molecule has 0 saturated carbocycles. The van der Waals surface area contributed by atoms with E-state index >= 15 is 0 Å². The van der Waals surface area contributed by atoms with Gasteiger partial charge >= 0.3 is 156 Å². The van der Waals surface area contributed by atoms with Gasteiger partial charge in [0.1, 0.15) is 6.29 Å². The Morgan fingerprint density at radius 2 is 0.808 bits per heavy atom. The van der Waals surface area contributed by atoms with Gasteiger partial charge in [-0.25, -0.2) is 0 Å². The number of carbonyl (C=O) groups is 2. The minimum Gasteiger partial charge on any atom is -0.453 e. The molecule has 0 aliphatic carbocycles. The number of hydrogen-bond acceptors (Lipinski definition) is 27. The molecule has 0 aliphatic heterocycles. The van der Waals surface area contributed by atoms with E-state index in [1.807, 2.05) is 0 Å². The van der Waals surface area contributed by atoms with Crippen LogP contribution >= 0.6 is 0 Å². The van der Waals surface area contributed by atoms with E-state index in [1.54, 1.807) is 13.1 Å². The van der Waals surface area contributed by atoms with E-state index in [9.17, 15) is 98.8 Å². The van der Waals surface area contributed by atoms with Crippen molar-refractivity contribution in [3.05, 3.63) is 0 Å². The van der Waals surface area contributed by atoms with Crippen LogP contribution in [0.15, 0.2) is 0 Å². The van der Waals surface area contributed by atoms with Gasteiger partial charge < -0.3 is 118 Å². The summed E-state index contributed by atoms with van der Waals surface area (Å²) >= 11 is 0. The summed E-state index contributed by atoms with van der Waals surface area (Å²) in [7, 11) is -87.5. The lowest BCUT2D eigenvalue weighted by atomic mass is 10.2. The van der Waals surface area contributed by atoms with Crippen molar-refractivity contribution in [1.82, 2.24) is 10.6 Å². The maximum atomic E-state index is 13.5. The lowest BCUT2D eigenvalue weighted by Crippen LogP contribution is -2.60. The number of amides is 1. The second kappa shape index (κ2) is 38.3. The van der Waals surface area contributed by atoms with Gasteiger partial charge in [-0.3, -0.25) is 10.1 Å². The summed E-state index contributed by atoms with van der Waals surface area (Å²) in [5.41, 5.74) is 0. The topological polar surface area (TPSA) is 437 Å². The van der Waals surface area contributed by atoms with Crippen LogP contribution in [-0.2, 0) is 117 Å². The van der Waals surface area contributed by atoms with E-state index in [2.05, 4.69) is 10.6 Å². The number of hydrogen-bond donors (Lipinski definition) is 2. The summed E-state index contributed by atoms with van der Waals surface area (Å²) in [5, 5.41) is 5.88. The molecular weight excluding hydrogens is 1340 g/mol. The Morgan fingerprint density at radius 1 is 0.452 bits per heavy atom. The van der Waals surface area contributed by atoms with Crippen LogP contribution in [0.25, 0.3) is 0 Å². The molecule has 73 heavy (non-hydrogen) atoms. The zero-order chi connectivity index (χ0) is 56.2. The fraction of sp³-hybridized carbons (Fsp3) is 0.913. The van der Waals surface area contributed by atoms with Gasteiger partial charge in [-0.15, -0.1) is 0 Å². The average molecular weight is 1390 g/mol. The molecule has 0 saturated heterocycles. The maximum absolute atomic E-state index is 13.5. The second-order valence-corrected chi connectivity index (χ2v) is 121. The second-order valence-electron chi connectivity index (χ2n) is 16.0. The number of rotatable bonds is 45. The van der Waals surface area contributed by atoms with E-state index in [0.29, 0.717) is 65.1 Å². The third-order valence-corrected chi connectivity index (χ3v) is 171. The molecule has 0 fully saturated rings. The summed E-state index contributed by atoms with van der Waals surface area (Å²) < 4.78 is 274. The Morgan fingerprint density at radius 3 is 1.21 bits per heavy atom. The summed E-state index contributed by atoms with van der Waals surface area (Å²) in [6, 6.07) is 0.492. The Balaban J connectivity index is 4.85. The fourth-order valence-electron chi connectivity index (χ4n) is 5.51. The predicted octanol–water partition coefficient (Wildman–Crippen LogP) is -6.50. The van der Waals surface area contributed by atoms with Gasteiger partial charge in [0.25, 0.3) is 0 Å². The Kier molecular flexibility index (Phi) is 38.2. The zero-order valence-corrected chi connectivity index (χ0v) is 61.7. The first kappa shape index (κ1) is 72.7. The molecule has 0 bridgehead atoms. The maximum Gasteiger partial charge on any atom is 0.381 e. The molecule has 0 aromatic carbocycles. The summed E-state index contributed by atoms with van der Waals surface area (Å²) in [4.78, 5) is 21.5. The molecule has 0 spiro atoms. The third kappa shape index (κ3) is 27.0. The van der Waals surface area contributed by atoms with Crippen LogP contribution in [0.5, 0.6) is 0 Å². The largest absolute Gasteiger partial charge is 0.453 e. The van der Waals surface area contributed by atoms with Gasteiger partial charge in [0.15, 0.2) is 8.32 Å². The molecule has 50 heteroatoms. The molecule has 2 N–H and O–H groups in total. The van der Waals surface area contributed by atoms with E-state index < -0.39 is 172 Å². The van der Waals surface area contributed by atoms with Crippen LogP contribution in [-0.4, -0.2) is 237 Å². The molecule has 395 valence electrons. The number of ether oxygens (including phenoxy) is 3. The molecule has 1 radical (unpaired) electrons. The summed E-state index contributed by atoms with van der Waals surface area (Å²) in [5.74, 6) is -0.263. The summed E-state index contributed by atoms with van der Waals surface area (Å²) in [6.07, 6.45) is 6.38. The van der Waals surface area contributed by atoms with Crippen LogP contribution < -0.4 is 10.6 Å². The van der Waals surface area contributed by atoms with E-state index in [-0.39, 0.29) is 12.3 Å². The average Bonchev–Trinajstić information content (AvgIpc) is 3.36. The lowest BCUT2D eigenvalue weighted by Gasteiger charge is -2.32. The van der Waals surface area contributed by atoms with Gasteiger partial charge in [0.05, 0.1) is 26.4 Å². The molecular formula is C23H49N2O26Si22. The minimum atomic E-state index is -4.48. The molecule has 0 atom stereocenters. The highest BCUT2D eigenvalue weighted by molar-refractivity contribution is 7.83. The van der Waals surface area contributed by atoms with Crippen LogP contribution in [0.2, 0.25) is 32.2 Å². The standard InChI is InChI=1S/C23H49N2O26Si22/c1-72(2,21-11-18-49-20-19-48-16-9-10-17-50-22-24-13-7-5-6-8-14-25-23(27)12-15-26)51-73(3,4)71(47)70(46)69(45)68(44)67(43)66(42)65(41)64(40)63(39)62(38)61(37)60(36)59(35)58(34)57(33)56(32)55(31)54(30)53(29)52-28/h15,24H,5-14,16-22H2,1-4H3,(H,25,27). The van der Waals surface area contributed by atoms with Gasteiger partial charge in [-0.05, 0) is 70.9 Å². The zero-order valence-electron chi connectivity index (χ0n) is 39.7. The predicted molar refractivity (Wildman–Crippen MR) is 266 cm³/mol. The molecule has 0 heterocycles. The molecule has 0 rings (SSSR count). The molecule has 0 aromatic heterocycles. The van der Waals surface area contributed by atoms with Crippen LogP contribution in [0.1, 0.15) is 51.4 Å². The van der Waals surface area contributed by atoms with Crippen molar-refractivity contribution in [2.45, 2.75) is 83.6 Å². The van der Waals surface area contributed by atoms with Crippen LogP contribution in [0.3, 0.4) is 0 Å².